The van der Waals surface area contributed by atoms with E-state index in [0.29, 0.717) is 5.92 Å². The van der Waals surface area contributed by atoms with Crippen molar-refractivity contribution in [3.63, 3.8) is 0 Å². The quantitative estimate of drug-likeness (QED) is 0.542. The molecule has 4 heteroatoms. The molecule has 0 aliphatic heterocycles. The van der Waals surface area contributed by atoms with Crippen LogP contribution in [0, 0.1) is 5.92 Å². The van der Waals surface area contributed by atoms with Crippen molar-refractivity contribution in [2.45, 2.75) is 13.8 Å². The average molecular weight is 295 g/mol. The van der Waals surface area contributed by atoms with Gasteiger partial charge in [0.2, 0.25) is 5.13 Å². The van der Waals surface area contributed by atoms with Crippen molar-refractivity contribution in [3.05, 3.63) is 47.8 Å². The number of hydrogen-bond acceptors (Lipinski definition) is 4. The van der Waals surface area contributed by atoms with E-state index in [9.17, 15) is 0 Å². The highest BCUT2D eigenvalue weighted by atomic mass is 32.1. The van der Waals surface area contributed by atoms with E-state index in [1.807, 2.05) is 6.21 Å². The fourth-order valence-corrected chi connectivity index (χ4v) is 2.72. The van der Waals surface area contributed by atoms with Crippen LogP contribution in [0.2, 0.25) is 0 Å². The molecular weight excluding hydrogens is 278 g/mol. The Labute approximate surface area is 128 Å². The van der Waals surface area contributed by atoms with Gasteiger partial charge in [-0.05, 0) is 22.8 Å². The van der Waals surface area contributed by atoms with Crippen molar-refractivity contribution in [1.29, 1.82) is 0 Å². The minimum absolute atomic E-state index is 0.428. The lowest BCUT2D eigenvalue weighted by Gasteiger charge is -2.00. The Morgan fingerprint density at radius 1 is 1.14 bits per heavy atom. The third-order valence-electron chi connectivity index (χ3n) is 3.08. The minimum Gasteiger partial charge on any atom is -0.253 e. The lowest BCUT2D eigenvalue weighted by atomic mass is 10.1. The van der Waals surface area contributed by atoms with E-state index in [0.717, 1.165) is 16.4 Å². The molecule has 0 atom stereocenters. The van der Waals surface area contributed by atoms with E-state index in [4.69, 9.17) is 0 Å². The largest absolute Gasteiger partial charge is 0.253 e. The number of hydrogen-bond donors (Lipinski definition) is 1. The highest BCUT2D eigenvalue weighted by Crippen LogP contribution is 2.27. The number of fused-ring (bicyclic) bond motifs is 1. The van der Waals surface area contributed by atoms with E-state index in [1.54, 1.807) is 11.3 Å². The van der Waals surface area contributed by atoms with Gasteiger partial charge in [-0.3, -0.25) is 5.43 Å². The van der Waals surface area contributed by atoms with Crippen molar-refractivity contribution < 1.29 is 0 Å². The van der Waals surface area contributed by atoms with Gasteiger partial charge in [-0.15, -0.1) is 11.3 Å². The first-order valence-corrected chi connectivity index (χ1v) is 7.84. The summed E-state index contributed by atoms with van der Waals surface area (Å²) in [5.41, 5.74) is 5.09. The lowest BCUT2D eigenvalue weighted by molar-refractivity contribution is 0.904. The molecule has 21 heavy (non-hydrogen) atoms. The number of thiazole rings is 1. The molecule has 0 radical (unpaired) electrons. The number of nitrogens with zero attached hydrogens (tertiary/aromatic N) is 2. The van der Waals surface area contributed by atoms with Crippen molar-refractivity contribution in [2.24, 2.45) is 11.0 Å². The summed E-state index contributed by atoms with van der Waals surface area (Å²) in [4.78, 5) is 4.58. The van der Waals surface area contributed by atoms with E-state index in [-0.39, 0.29) is 0 Å². The molecule has 0 spiro atoms. The molecule has 3 rings (SSSR count). The lowest BCUT2D eigenvalue weighted by Crippen LogP contribution is -1.93. The second-order valence-electron chi connectivity index (χ2n) is 5.23. The molecule has 0 amide bonds. The minimum atomic E-state index is 0.428. The summed E-state index contributed by atoms with van der Waals surface area (Å²) in [6, 6.07) is 14.8. The van der Waals surface area contributed by atoms with Gasteiger partial charge in [-0.25, -0.2) is 4.98 Å². The van der Waals surface area contributed by atoms with Crippen molar-refractivity contribution in [3.8, 4) is 11.3 Å². The number of rotatable bonds is 4. The molecule has 0 fully saturated rings. The van der Waals surface area contributed by atoms with Gasteiger partial charge in [0.05, 0.1) is 5.69 Å². The fourth-order valence-electron chi connectivity index (χ4n) is 2.05. The smallest absolute Gasteiger partial charge is 0.203 e. The summed E-state index contributed by atoms with van der Waals surface area (Å²) in [7, 11) is 0. The van der Waals surface area contributed by atoms with E-state index in [1.165, 1.54) is 10.8 Å². The highest BCUT2D eigenvalue weighted by molar-refractivity contribution is 7.14. The second-order valence-corrected chi connectivity index (χ2v) is 6.09. The summed E-state index contributed by atoms with van der Waals surface area (Å²) >= 11 is 1.57. The molecule has 2 aromatic carbocycles. The maximum Gasteiger partial charge on any atom is 0.203 e. The van der Waals surface area contributed by atoms with Gasteiger partial charge in [0, 0.05) is 17.2 Å². The molecular formula is C17H17N3S. The van der Waals surface area contributed by atoms with Crippen LogP contribution in [-0.4, -0.2) is 11.2 Å². The van der Waals surface area contributed by atoms with Crippen LogP contribution in [0.25, 0.3) is 22.0 Å². The predicted octanol–water partition coefficient (Wildman–Crippen LogP) is 5.02. The first-order chi connectivity index (χ1) is 10.2. The second kappa shape index (κ2) is 6.06. The van der Waals surface area contributed by atoms with Gasteiger partial charge >= 0.3 is 0 Å². The SMILES string of the molecule is CC(C)/C=N/Nc1nc(-c2ccc3ccccc3c2)cs1. The Kier molecular flexibility index (Phi) is 3.97. The standard InChI is InChI=1S/C17H17N3S/c1-12(2)10-18-20-17-19-16(11-21-17)15-8-7-13-5-3-4-6-14(13)9-15/h3-12H,1-2H3,(H,19,20)/b18-10+. The van der Waals surface area contributed by atoms with Crippen LogP contribution in [0.3, 0.4) is 0 Å². The molecule has 1 heterocycles. The third-order valence-corrected chi connectivity index (χ3v) is 3.83. The number of hydrazone groups is 1. The summed E-state index contributed by atoms with van der Waals surface area (Å²) in [5.74, 6) is 0.428. The van der Waals surface area contributed by atoms with Crippen molar-refractivity contribution in [1.82, 2.24) is 4.98 Å². The number of nitrogens with one attached hydrogen (secondary N) is 1. The molecule has 1 N–H and O–H groups in total. The molecule has 0 saturated heterocycles. The normalized spacial score (nSPS) is 11.6. The van der Waals surface area contributed by atoms with E-state index >= 15 is 0 Å². The van der Waals surface area contributed by atoms with Crippen LogP contribution >= 0.6 is 11.3 Å². The average Bonchev–Trinajstić information content (AvgIpc) is 2.95. The first kappa shape index (κ1) is 13.8. The molecule has 0 aliphatic rings. The maximum absolute atomic E-state index is 4.58. The maximum atomic E-state index is 4.58. The molecule has 3 nitrogen and oxygen atoms in total. The number of benzene rings is 2. The molecule has 0 aliphatic carbocycles. The zero-order valence-electron chi connectivity index (χ0n) is 12.1. The summed E-state index contributed by atoms with van der Waals surface area (Å²) in [5, 5.41) is 9.52. The van der Waals surface area contributed by atoms with Crippen LogP contribution in [-0.2, 0) is 0 Å². The van der Waals surface area contributed by atoms with Crippen LogP contribution in [0.5, 0.6) is 0 Å². The number of anilines is 1. The zero-order valence-corrected chi connectivity index (χ0v) is 12.9. The predicted molar refractivity (Wildman–Crippen MR) is 92.0 cm³/mol. The Morgan fingerprint density at radius 3 is 2.76 bits per heavy atom. The Morgan fingerprint density at radius 2 is 1.95 bits per heavy atom. The Hall–Kier alpha value is -2.20. The molecule has 106 valence electrons. The van der Waals surface area contributed by atoms with Crippen LogP contribution in [0.15, 0.2) is 52.9 Å². The molecule has 0 unspecified atom stereocenters. The summed E-state index contributed by atoms with van der Waals surface area (Å²) < 4.78 is 0. The topological polar surface area (TPSA) is 37.3 Å². The van der Waals surface area contributed by atoms with Crippen LogP contribution in [0.4, 0.5) is 5.13 Å². The highest BCUT2D eigenvalue weighted by Gasteiger charge is 2.04. The van der Waals surface area contributed by atoms with Gasteiger partial charge in [0.25, 0.3) is 0 Å². The Balaban J connectivity index is 1.84. The molecule has 1 aromatic heterocycles. The van der Waals surface area contributed by atoms with Gasteiger partial charge in [-0.2, -0.15) is 5.10 Å². The van der Waals surface area contributed by atoms with E-state index < -0.39 is 0 Å². The first-order valence-electron chi connectivity index (χ1n) is 6.96. The summed E-state index contributed by atoms with van der Waals surface area (Å²) in [6.45, 7) is 4.18. The molecule has 0 saturated carbocycles. The van der Waals surface area contributed by atoms with Gasteiger partial charge in [0.15, 0.2) is 0 Å². The zero-order chi connectivity index (χ0) is 14.7. The van der Waals surface area contributed by atoms with Crippen LogP contribution < -0.4 is 5.43 Å². The van der Waals surface area contributed by atoms with Gasteiger partial charge in [-0.1, -0.05) is 50.2 Å². The number of aromatic nitrogens is 1. The monoisotopic (exact) mass is 295 g/mol. The van der Waals surface area contributed by atoms with Crippen LogP contribution in [0.1, 0.15) is 13.8 Å². The van der Waals surface area contributed by atoms with Gasteiger partial charge < -0.3 is 0 Å². The van der Waals surface area contributed by atoms with Gasteiger partial charge in [0.1, 0.15) is 0 Å². The fraction of sp³-hybridized carbons (Fsp3) is 0.176. The molecule has 3 aromatic rings. The van der Waals surface area contributed by atoms with Crippen molar-refractivity contribution >= 4 is 33.5 Å². The van der Waals surface area contributed by atoms with Crippen molar-refractivity contribution in [2.75, 3.05) is 5.43 Å². The summed E-state index contributed by atoms with van der Waals surface area (Å²) in [6.07, 6.45) is 1.87. The van der Waals surface area contributed by atoms with E-state index in [2.05, 4.69) is 77.2 Å². The third kappa shape index (κ3) is 3.28. The molecule has 0 bridgehead atoms. The Bertz CT molecular complexity index is 774.